The summed E-state index contributed by atoms with van der Waals surface area (Å²) in [4.78, 5) is 0. The van der Waals surface area contributed by atoms with Gasteiger partial charge in [-0.2, -0.15) is 0 Å². The predicted molar refractivity (Wildman–Crippen MR) is 213 cm³/mol. The van der Waals surface area contributed by atoms with Gasteiger partial charge in [0.2, 0.25) is 0 Å². The van der Waals surface area contributed by atoms with E-state index in [2.05, 4.69) is 98.7 Å². The Morgan fingerprint density at radius 3 is 0.755 bits per heavy atom. The predicted octanol–water partition coefficient (Wildman–Crippen LogP) is 12.8. The second kappa shape index (κ2) is 22.0. The van der Waals surface area contributed by atoms with E-state index in [0.29, 0.717) is 0 Å². The second-order valence-corrected chi connectivity index (χ2v) is 13.9. The standard InChI is InChI=1S/C45H69BO3/c1-10-19-34-28-31-43(40(25-16-7)37(34)22-13-4)47-46(48-44-32-29-35(20-11-2)38(23-14-5)41(44)26-17-8)49-45-33-30-36(21-12-3)39(24-15-6)42(45)27-18-9/h28-33H,10-27H2,1-9H3. The molecule has 0 amide bonds. The minimum absolute atomic E-state index is 0.900. The van der Waals surface area contributed by atoms with Gasteiger partial charge in [-0.3, -0.25) is 0 Å². The number of hydrogen-bond donors (Lipinski definition) is 0. The quantitative estimate of drug-likeness (QED) is 0.0889. The van der Waals surface area contributed by atoms with E-state index in [1.807, 2.05) is 0 Å². The summed E-state index contributed by atoms with van der Waals surface area (Å²) in [6.45, 7) is 20.5. The lowest BCUT2D eigenvalue weighted by Gasteiger charge is -2.25. The van der Waals surface area contributed by atoms with Crippen LogP contribution in [0.5, 0.6) is 17.2 Å². The largest absolute Gasteiger partial charge is 0.864 e. The van der Waals surface area contributed by atoms with Crippen LogP contribution in [-0.4, -0.2) is 7.32 Å². The molecule has 0 saturated heterocycles. The van der Waals surface area contributed by atoms with Gasteiger partial charge in [-0.1, -0.05) is 138 Å². The molecule has 0 bridgehead atoms. The Hall–Kier alpha value is -2.88. The van der Waals surface area contributed by atoms with Crippen LogP contribution in [0.2, 0.25) is 0 Å². The fourth-order valence-corrected chi connectivity index (χ4v) is 7.64. The topological polar surface area (TPSA) is 27.7 Å². The number of hydrogen-bond acceptors (Lipinski definition) is 3. The maximum atomic E-state index is 7.00. The van der Waals surface area contributed by atoms with Crippen molar-refractivity contribution in [2.75, 3.05) is 0 Å². The van der Waals surface area contributed by atoms with Crippen molar-refractivity contribution in [3.05, 3.63) is 86.5 Å². The molecule has 0 aliphatic rings. The molecule has 49 heavy (non-hydrogen) atoms. The zero-order valence-electron chi connectivity index (χ0n) is 33.0. The smallest absolute Gasteiger partial charge is 0.489 e. The van der Waals surface area contributed by atoms with Crippen LogP contribution in [0.15, 0.2) is 36.4 Å². The molecular weight excluding hydrogens is 599 g/mol. The molecule has 0 fully saturated rings. The zero-order chi connectivity index (χ0) is 35.6. The maximum Gasteiger partial charge on any atom is 0.864 e. The van der Waals surface area contributed by atoms with Crippen LogP contribution in [0.4, 0.5) is 0 Å². The van der Waals surface area contributed by atoms with Crippen molar-refractivity contribution in [1.29, 1.82) is 0 Å². The summed E-state index contributed by atoms with van der Waals surface area (Å²) in [5.74, 6) is 2.70. The van der Waals surface area contributed by atoms with Crippen molar-refractivity contribution >= 4 is 7.32 Å². The lowest BCUT2D eigenvalue weighted by Crippen LogP contribution is -2.38. The Morgan fingerprint density at radius 2 is 0.531 bits per heavy atom. The second-order valence-electron chi connectivity index (χ2n) is 13.9. The van der Waals surface area contributed by atoms with E-state index >= 15 is 0 Å². The van der Waals surface area contributed by atoms with E-state index in [9.17, 15) is 0 Å². The van der Waals surface area contributed by atoms with Gasteiger partial charge in [0.15, 0.2) is 0 Å². The molecule has 0 atom stereocenters. The van der Waals surface area contributed by atoms with Crippen LogP contribution in [0, 0.1) is 0 Å². The summed E-state index contributed by atoms with van der Waals surface area (Å²) >= 11 is 0. The minimum atomic E-state index is -0.911. The average molecular weight is 669 g/mol. The van der Waals surface area contributed by atoms with Crippen LogP contribution < -0.4 is 14.0 Å². The summed E-state index contributed by atoms with van der Waals surface area (Å²) in [6.07, 6.45) is 19.4. The van der Waals surface area contributed by atoms with Crippen molar-refractivity contribution in [2.45, 2.75) is 178 Å². The molecule has 0 N–H and O–H groups in total. The molecular formula is C45H69BO3. The van der Waals surface area contributed by atoms with E-state index in [0.717, 1.165) is 133 Å². The third-order valence-corrected chi connectivity index (χ3v) is 9.68. The van der Waals surface area contributed by atoms with Crippen LogP contribution in [-0.2, 0) is 57.8 Å². The normalized spacial score (nSPS) is 11.2. The van der Waals surface area contributed by atoms with Crippen LogP contribution in [0.25, 0.3) is 0 Å². The summed E-state index contributed by atoms with van der Waals surface area (Å²) in [5, 5.41) is 0. The van der Waals surface area contributed by atoms with Crippen LogP contribution >= 0.6 is 0 Å². The first-order valence-corrected chi connectivity index (χ1v) is 20.3. The van der Waals surface area contributed by atoms with Gasteiger partial charge in [0.1, 0.15) is 17.2 Å². The van der Waals surface area contributed by atoms with Crippen molar-refractivity contribution in [3.8, 4) is 17.2 Å². The summed E-state index contributed by atoms with van der Waals surface area (Å²) in [5.41, 5.74) is 12.7. The van der Waals surface area contributed by atoms with E-state index in [-0.39, 0.29) is 0 Å². The van der Waals surface area contributed by atoms with Crippen LogP contribution in [0.3, 0.4) is 0 Å². The molecule has 3 nitrogen and oxygen atoms in total. The van der Waals surface area contributed by atoms with Crippen LogP contribution in [0.1, 0.15) is 170 Å². The molecule has 3 rings (SSSR count). The molecule has 0 spiro atoms. The van der Waals surface area contributed by atoms with Gasteiger partial charge < -0.3 is 14.0 Å². The fraction of sp³-hybridized carbons (Fsp3) is 0.600. The molecule has 0 aromatic heterocycles. The average Bonchev–Trinajstić information content (AvgIpc) is 3.09. The molecule has 0 unspecified atom stereocenters. The first kappa shape index (κ1) is 40.6. The highest BCUT2D eigenvalue weighted by Crippen LogP contribution is 2.35. The van der Waals surface area contributed by atoms with Gasteiger partial charge >= 0.3 is 7.32 Å². The van der Waals surface area contributed by atoms with Gasteiger partial charge in [-0.25, -0.2) is 0 Å². The lowest BCUT2D eigenvalue weighted by atomic mass is 9.90. The highest BCUT2D eigenvalue weighted by Gasteiger charge is 2.34. The summed E-state index contributed by atoms with van der Waals surface area (Å²) in [7, 11) is -0.911. The number of aryl methyl sites for hydroxylation is 3. The number of rotatable bonds is 24. The SMILES string of the molecule is CCCc1ccc(OB(Oc2ccc(CCC)c(CCC)c2CCC)Oc2ccc(CCC)c(CCC)c2CCC)c(CCC)c1CCC. The Bertz CT molecular complexity index is 1240. The molecule has 0 heterocycles. The first-order valence-electron chi connectivity index (χ1n) is 20.3. The number of benzene rings is 3. The zero-order valence-corrected chi connectivity index (χ0v) is 33.0. The highest BCUT2D eigenvalue weighted by molar-refractivity contribution is 6.39. The Balaban J connectivity index is 2.24. The third kappa shape index (κ3) is 11.1. The molecule has 0 saturated carbocycles. The van der Waals surface area contributed by atoms with Crippen molar-refractivity contribution in [1.82, 2.24) is 0 Å². The minimum Gasteiger partial charge on any atom is -0.489 e. The Labute approximate surface area is 302 Å². The maximum absolute atomic E-state index is 7.00. The molecule has 3 aromatic rings. The summed E-state index contributed by atoms with van der Waals surface area (Å²) in [6, 6.07) is 13.5. The Morgan fingerprint density at radius 1 is 0.306 bits per heavy atom. The molecule has 3 aromatic carbocycles. The third-order valence-electron chi connectivity index (χ3n) is 9.68. The highest BCUT2D eigenvalue weighted by atomic mass is 16.7. The molecule has 0 aliphatic heterocycles. The molecule has 0 aliphatic carbocycles. The van der Waals surface area contributed by atoms with E-state index in [4.69, 9.17) is 14.0 Å². The Kier molecular flexibility index (Phi) is 18.2. The molecule has 270 valence electrons. The molecule has 0 radical (unpaired) electrons. The first-order chi connectivity index (χ1) is 23.9. The monoisotopic (exact) mass is 669 g/mol. The lowest BCUT2D eigenvalue weighted by molar-refractivity contribution is 0.302. The van der Waals surface area contributed by atoms with E-state index in [1.165, 1.54) is 50.1 Å². The van der Waals surface area contributed by atoms with Gasteiger partial charge in [0, 0.05) is 0 Å². The molecule has 4 heteroatoms. The van der Waals surface area contributed by atoms with Gasteiger partial charge in [0.25, 0.3) is 0 Å². The fourth-order valence-electron chi connectivity index (χ4n) is 7.64. The van der Waals surface area contributed by atoms with E-state index < -0.39 is 7.32 Å². The van der Waals surface area contributed by atoms with Crippen molar-refractivity contribution in [3.63, 3.8) is 0 Å². The van der Waals surface area contributed by atoms with Crippen molar-refractivity contribution < 1.29 is 14.0 Å². The van der Waals surface area contributed by atoms with Gasteiger partial charge in [-0.15, -0.1) is 0 Å². The summed E-state index contributed by atoms with van der Waals surface area (Å²) < 4.78 is 21.0. The van der Waals surface area contributed by atoms with E-state index in [1.54, 1.807) is 0 Å². The van der Waals surface area contributed by atoms with Gasteiger partial charge in [-0.05, 0) is 126 Å². The van der Waals surface area contributed by atoms with Gasteiger partial charge in [0.05, 0.1) is 0 Å². The van der Waals surface area contributed by atoms with Crippen molar-refractivity contribution in [2.24, 2.45) is 0 Å².